The number of anilines is 1. The number of nitrogen functional groups attached to an aromatic ring is 1. The van der Waals surface area contributed by atoms with Crippen LogP contribution in [0.4, 0.5) is 5.69 Å². The van der Waals surface area contributed by atoms with Gasteiger partial charge in [-0.05, 0) is 18.2 Å². The van der Waals surface area contributed by atoms with Crippen molar-refractivity contribution in [3.63, 3.8) is 0 Å². The highest BCUT2D eigenvalue weighted by molar-refractivity contribution is 6.11. The number of fused-ring (bicyclic) bond motifs is 3. The van der Waals surface area contributed by atoms with Crippen molar-refractivity contribution in [2.75, 3.05) is 5.73 Å². The molecule has 4 rings (SSSR count). The second-order valence-electron chi connectivity index (χ2n) is 4.44. The third kappa shape index (κ3) is 1.12. The monoisotopic (exact) mass is 237 g/mol. The minimum atomic E-state index is 0.543. The fraction of sp³-hybridized carbons (Fsp3) is 0.0714. The zero-order valence-corrected chi connectivity index (χ0v) is 9.63. The fourth-order valence-corrected chi connectivity index (χ4v) is 2.64. The average Bonchev–Trinajstić information content (AvgIpc) is 2.55. The number of nitrogens with two attached hydrogens (primary N) is 1. The van der Waals surface area contributed by atoms with E-state index in [2.05, 4.69) is 9.55 Å². The van der Waals surface area contributed by atoms with Crippen LogP contribution in [0.25, 0.3) is 28.0 Å². The Bertz CT molecular complexity index is 802. The maximum Gasteiger partial charge on any atom is 0.115 e. The van der Waals surface area contributed by atoms with Crippen molar-refractivity contribution >= 4 is 33.7 Å². The van der Waals surface area contributed by atoms with Crippen LogP contribution < -0.4 is 5.73 Å². The minimum Gasteiger partial charge on any atom is -0.495 e. The van der Waals surface area contributed by atoms with Gasteiger partial charge in [-0.1, -0.05) is 0 Å². The zero-order valence-electron chi connectivity index (χ0n) is 9.63. The van der Waals surface area contributed by atoms with Gasteiger partial charge in [0.25, 0.3) is 0 Å². The van der Waals surface area contributed by atoms with E-state index in [4.69, 9.17) is 10.5 Å². The van der Waals surface area contributed by atoms with Gasteiger partial charge >= 0.3 is 0 Å². The van der Waals surface area contributed by atoms with Gasteiger partial charge in [0.2, 0.25) is 0 Å². The Hall–Kier alpha value is -2.49. The highest BCUT2D eigenvalue weighted by atomic mass is 16.5. The standard InChI is InChI=1S/C14H11N3O/c15-10-5-9-8-18-4-3-17-13-1-2-16-7-12(13)11(6-10)14(9)17/h1-7H,8,15H2. The first kappa shape index (κ1) is 9.53. The van der Waals surface area contributed by atoms with Crippen LogP contribution in [0.2, 0.25) is 0 Å². The van der Waals surface area contributed by atoms with E-state index in [0.717, 1.165) is 33.1 Å². The van der Waals surface area contributed by atoms with Crippen LogP contribution in [-0.2, 0) is 11.3 Å². The highest BCUT2D eigenvalue weighted by Gasteiger charge is 2.15. The molecule has 4 nitrogen and oxygen atoms in total. The maximum atomic E-state index is 5.97. The van der Waals surface area contributed by atoms with Gasteiger partial charge in [0.05, 0.1) is 17.3 Å². The molecule has 0 amide bonds. The predicted octanol–water partition coefficient (Wildman–Crippen LogP) is 2.73. The Balaban J connectivity index is 2.34. The van der Waals surface area contributed by atoms with E-state index in [-0.39, 0.29) is 0 Å². The van der Waals surface area contributed by atoms with E-state index in [1.807, 2.05) is 30.6 Å². The molecule has 0 saturated heterocycles. The average molecular weight is 237 g/mol. The molecule has 18 heavy (non-hydrogen) atoms. The molecule has 0 atom stereocenters. The Labute approximate surface area is 103 Å². The molecule has 1 aromatic carbocycles. The fourth-order valence-electron chi connectivity index (χ4n) is 2.64. The molecule has 1 aliphatic heterocycles. The van der Waals surface area contributed by atoms with Crippen LogP contribution >= 0.6 is 0 Å². The second kappa shape index (κ2) is 3.26. The van der Waals surface area contributed by atoms with Gasteiger partial charge in [0.1, 0.15) is 6.61 Å². The number of nitrogens with zero attached hydrogens (tertiary/aromatic N) is 2. The second-order valence-corrected chi connectivity index (χ2v) is 4.44. The van der Waals surface area contributed by atoms with Crippen LogP contribution in [0, 0.1) is 0 Å². The molecular weight excluding hydrogens is 226 g/mol. The van der Waals surface area contributed by atoms with E-state index in [0.29, 0.717) is 6.61 Å². The largest absolute Gasteiger partial charge is 0.495 e. The van der Waals surface area contributed by atoms with Crippen LogP contribution in [-0.4, -0.2) is 9.55 Å². The molecule has 0 saturated carbocycles. The molecule has 0 bridgehead atoms. The molecule has 88 valence electrons. The van der Waals surface area contributed by atoms with Crippen molar-refractivity contribution in [3.05, 3.63) is 42.4 Å². The van der Waals surface area contributed by atoms with Gasteiger partial charge in [-0.2, -0.15) is 0 Å². The van der Waals surface area contributed by atoms with Crippen molar-refractivity contribution in [3.8, 4) is 0 Å². The van der Waals surface area contributed by atoms with E-state index in [9.17, 15) is 0 Å². The first-order valence-corrected chi connectivity index (χ1v) is 5.79. The molecule has 0 radical (unpaired) electrons. The summed E-state index contributed by atoms with van der Waals surface area (Å²) in [7, 11) is 0. The smallest absolute Gasteiger partial charge is 0.115 e. The first-order chi connectivity index (χ1) is 8.84. The summed E-state index contributed by atoms with van der Waals surface area (Å²) >= 11 is 0. The van der Waals surface area contributed by atoms with Gasteiger partial charge in [-0.3, -0.25) is 4.98 Å². The molecule has 2 aromatic heterocycles. The summed E-state index contributed by atoms with van der Waals surface area (Å²) < 4.78 is 7.59. The van der Waals surface area contributed by atoms with Gasteiger partial charge in [0.15, 0.2) is 0 Å². The van der Waals surface area contributed by atoms with Gasteiger partial charge in [0, 0.05) is 40.6 Å². The zero-order chi connectivity index (χ0) is 12.1. The Morgan fingerprint density at radius 2 is 2.22 bits per heavy atom. The number of pyridine rings is 1. The summed E-state index contributed by atoms with van der Waals surface area (Å²) in [6.07, 6.45) is 7.34. The molecule has 0 unspecified atom stereocenters. The van der Waals surface area contributed by atoms with E-state index in [1.54, 1.807) is 12.5 Å². The van der Waals surface area contributed by atoms with Crippen molar-refractivity contribution < 1.29 is 4.74 Å². The number of benzene rings is 1. The lowest BCUT2D eigenvalue weighted by atomic mass is 10.1. The predicted molar refractivity (Wildman–Crippen MR) is 71.8 cm³/mol. The van der Waals surface area contributed by atoms with E-state index >= 15 is 0 Å². The number of ether oxygens (including phenoxy) is 1. The lowest BCUT2D eigenvalue weighted by Gasteiger charge is -2.04. The molecule has 0 fully saturated rings. The van der Waals surface area contributed by atoms with E-state index in [1.165, 1.54) is 0 Å². The summed E-state index contributed by atoms with van der Waals surface area (Å²) in [5.41, 5.74) is 10.1. The molecule has 1 aliphatic rings. The maximum absolute atomic E-state index is 5.97. The summed E-state index contributed by atoms with van der Waals surface area (Å²) in [5.74, 6) is 0. The van der Waals surface area contributed by atoms with Crippen LogP contribution in [0.1, 0.15) is 5.56 Å². The quantitative estimate of drug-likeness (QED) is 0.611. The minimum absolute atomic E-state index is 0.543. The molecule has 3 heterocycles. The van der Waals surface area contributed by atoms with E-state index < -0.39 is 0 Å². The molecule has 3 aromatic rings. The number of hydrogen-bond donors (Lipinski definition) is 1. The van der Waals surface area contributed by atoms with Crippen molar-refractivity contribution in [1.29, 1.82) is 0 Å². The molecule has 0 aliphatic carbocycles. The van der Waals surface area contributed by atoms with Crippen molar-refractivity contribution in [2.24, 2.45) is 0 Å². The third-order valence-electron chi connectivity index (χ3n) is 3.34. The SMILES string of the molecule is Nc1cc2c3c(c1)c1cnccc1n3C=COC2. The van der Waals surface area contributed by atoms with Crippen LogP contribution in [0.5, 0.6) is 0 Å². The van der Waals surface area contributed by atoms with Crippen molar-refractivity contribution in [1.82, 2.24) is 9.55 Å². The Kier molecular flexibility index (Phi) is 1.73. The molecular formula is C14H11N3O. The summed E-state index contributed by atoms with van der Waals surface area (Å²) in [5, 5.41) is 2.25. The van der Waals surface area contributed by atoms with Gasteiger partial charge in [-0.25, -0.2) is 0 Å². The lowest BCUT2D eigenvalue weighted by molar-refractivity contribution is 0.241. The molecule has 2 N–H and O–H groups in total. The Morgan fingerprint density at radius 1 is 1.28 bits per heavy atom. The van der Waals surface area contributed by atoms with Crippen molar-refractivity contribution in [2.45, 2.75) is 6.61 Å². The first-order valence-electron chi connectivity index (χ1n) is 5.79. The molecule has 4 heteroatoms. The summed E-state index contributed by atoms with van der Waals surface area (Å²) in [4.78, 5) is 4.20. The normalized spacial score (nSPS) is 13.8. The van der Waals surface area contributed by atoms with Crippen LogP contribution in [0.3, 0.4) is 0 Å². The third-order valence-corrected chi connectivity index (χ3v) is 3.34. The number of aromatic nitrogens is 2. The molecule has 0 spiro atoms. The Morgan fingerprint density at radius 3 is 3.17 bits per heavy atom. The van der Waals surface area contributed by atoms with Gasteiger partial charge in [-0.15, -0.1) is 0 Å². The van der Waals surface area contributed by atoms with Crippen LogP contribution in [0.15, 0.2) is 36.9 Å². The lowest BCUT2D eigenvalue weighted by Crippen LogP contribution is -1.93. The number of hydrogen-bond acceptors (Lipinski definition) is 3. The summed E-state index contributed by atoms with van der Waals surface area (Å²) in [6.45, 7) is 0.543. The van der Waals surface area contributed by atoms with Gasteiger partial charge < -0.3 is 15.0 Å². The topological polar surface area (TPSA) is 53.1 Å². The highest BCUT2D eigenvalue weighted by Crippen LogP contribution is 2.34. The number of rotatable bonds is 0. The summed E-state index contributed by atoms with van der Waals surface area (Å²) in [6, 6.07) is 5.97.